The second-order valence-corrected chi connectivity index (χ2v) is 7.77. The van der Waals surface area contributed by atoms with Crippen LogP contribution >= 0.6 is 15.9 Å². The molecule has 4 heteroatoms. The van der Waals surface area contributed by atoms with Gasteiger partial charge < -0.3 is 5.32 Å². The van der Waals surface area contributed by atoms with Crippen molar-refractivity contribution in [2.45, 2.75) is 6.17 Å². The molecule has 1 amide bonds. The molecule has 1 N–H and O–H groups in total. The number of halogens is 1. The lowest BCUT2D eigenvalue weighted by Crippen LogP contribution is -2.43. The standard InChI is InChI=1S/C24H17BrN2O/c25-19-9-5-8-18(14-19)23-26-22-11-4-3-10-21(22)24(28)27(23)20-13-12-16-6-1-2-7-17(16)15-20/h1-15,23,26H. The van der Waals surface area contributed by atoms with Gasteiger partial charge in [-0.1, -0.05) is 70.5 Å². The number of amides is 1. The lowest BCUT2D eigenvalue weighted by atomic mass is 10.0. The number of para-hydroxylation sites is 1. The molecule has 0 bridgehead atoms. The fourth-order valence-electron chi connectivity index (χ4n) is 3.76. The Morgan fingerprint density at radius 1 is 0.786 bits per heavy atom. The van der Waals surface area contributed by atoms with E-state index in [9.17, 15) is 4.79 Å². The highest BCUT2D eigenvalue weighted by Gasteiger charge is 2.34. The van der Waals surface area contributed by atoms with E-state index < -0.39 is 0 Å². The highest BCUT2D eigenvalue weighted by atomic mass is 79.9. The summed E-state index contributed by atoms with van der Waals surface area (Å²) in [7, 11) is 0. The van der Waals surface area contributed by atoms with Crippen LogP contribution in [0.3, 0.4) is 0 Å². The summed E-state index contributed by atoms with van der Waals surface area (Å²) in [6.07, 6.45) is -0.291. The number of rotatable bonds is 2. The van der Waals surface area contributed by atoms with Gasteiger partial charge in [-0.2, -0.15) is 0 Å². The first kappa shape index (κ1) is 17.0. The van der Waals surface area contributed by atoms with Crippen LogP contribution in [0.4, 0.5) is 11.4 Å². The van der Waals surface area contributed by atoms with Crippen molar-refractivity contribution in [2.24, 2.45) is 0 Å². The summed E-state index contributed by atoms with van der Waals surface area (Å²) < 4.78 is 0.983. The molecule has 3 nitrogen and oxygen atoms in total. The lowest BCUT2D eigenvalue weighted by molar-refractivity contribution is 0.0975. The van der Waals surface area contributed by atoms with Crippen molar-refractivity contribution >= 4 is 44.0 Å². The van der Waals surface area contributed by atoms with Crippen molar-refractivity contribution in [2.75, 3.05) is 10.2 Å². The van der Waals surface area contributed by atoms with Crippen molar-refractivity contribution in [1.82, 2.24) is 0 Å². The summed E-state index contributed by atoms with van der Waals surface area (Å²) in [6, 6.07) is 30.1. The highest BCUT2D eigenvalue weighted by Crippen LogP contribution is 2.38. The van der Waals surface area contributed by atoms with E-state index in [1.54, 1.807) is 0 Å². The Labute approximate surface area is 171 Å². The third-order valence-corrected chi connectivity index (χ3v) is 5.60. The van der Waals surface area contributed by atoms with Gasteiger partial charge in [0.15, 0.2) is 0 Å². The first-order valence-electron chi connectivity index (χ1n) is 9.14. The Balaban J connectivity index is 1.69. The van der Waals surface area contributed by atoms with Gasteiger partial charge in [-0.15, -0.1) is 0 Å². The monoisotopic (exact) mass is 428 g/mol. The average molecular weight is 429 g/mol. The lowest BCUT2D eigenvalue weighted by Gasteiger charge is -2.38. The van der Waals surface area contributed by atoms with Crippen LogP contribution in [0.5, 0.6) is 0 Å². The molecule has 4 aromatic rings. The van der Waals surface area contributed by atoms with Crippen LogP contribution in [-0.2, 0) is 0 Å². The second-order valence-electron chi connectivity index (χ2n) is 6.85. The molecule has 5 rings (SSSR count). The van der Waals surface area contributed by atoms with Crippen molar-refractivity contribution in [3.63, 3.8) is 0 Å². The Hall–Kier alpha value is -3.11. The summed E-state index contributed by atoms with van der Waals surface area (Å²) in [5.41, 5.74) is 3.43. The van der Waals surface area contributed by atoms with E-state index in [-0.39, 0.29) is 12.1 Å². The van der Waals surface area contributed by atoms with E-state index >= 15 is 0 Å². The van der Waals surface area contributed by atoms with Crippen LogP contribution in [-0.4, -0.2) is 5.91 Å². The molecule has 0 aliphatic carbocycles. The molecule has 1 unspecified atom stereocenters. The van der Waals surface area contributed by atoms with Gasteiger partial charge in [-0.3, -0.25) is 9.69 Å². The maximum atomic E-state index is 13.5. The van der Waals surface area contributed by atoms with Crippen LogP contribution in [0.2, 0.25) is 0 Å². The Bertz CT molecular complexity index is 1200. The number of hydrogen-bond acceptors (Lipinski definition) is 2. The molecule has 1 heterocycles. The fourth-order valence-corrected chi connectivity index (χ4v) is 4.17. The third kappa shape index (κ3) is 2.86. The van der Waals surface area contributed by atoms with E-state index in [1.165, 1.54) is 0 Å². The molecule has 4 aromatic carbocycles. The SMILES string of the molecule is O=C1c2ccccc2NC(c2cccc(Br)c2)N1c1ccc2ccccc2c1. The molecule has 0 spiro atoms. The molecule has 1 atom stereocenters. The number of fused-ring (bicyclic) bond motifs is 2. The van der Waals surface area contributed by atoms with Gasteiger partial charge in [-0.25, -0.2) is 0 Å². The number of carbonyl (C=O) groups excluding carboxylic acids is 1. The van der Waals surface area contributed by atoms with Gasteiger partial charge in [0.25, 0.3) is 5.91 Å². The first-order chi connectivity index (χ1) is 13.7. The Morgan fingerprint density at radius 3 is 2.43 bits per heavy atom. The Morgan fingerprint density at radius 2 is 1.57 bits per heavy atom. The summed E-state index contributed by atoms with van der Waals surface area (Å²) in [5, 5.41) is 5.82. The number of anilines is 2. The molecule has 0 radical (unpaired) electrons. The molecule has 1 aliphatic rings. The zero-order valence-corrected chi connectivity index (χ0v) is 16.6. The predicted octanol–water partition coefficient (Wildman–Crippen LogP) is 6.37. The number of nitrogens with zero attached hydrogens (tertiary/aromatic N) is 1. The smallest absolute Gasteiger partial charge is 0.262 e. The van der Waals surface area contributed by atoms with E-state index in [0.29, 0.717) is 5.56 Å². The van der Waals surface area contributed by atoms with Crippen LogP contribution in [0.15, 0.2) is 95.5 Å². The van der Waals surface area contributed by atoms with Crippen molar-refractivity contribution in [3.8, 4) is 0 Å². The van der Waals surface area contributed by atoms with E-state index in [4.69, 9.17) is 0 Å². The molecule has 136 valence electrons. The normalized spacial score (nSPS) is 16.0. The predicted molar refractivity (Wildman–Crippen MR) is 118 cm³/mol. The largest absolute Gasteiger partial charge is 0.360 e. The quantitative estimate of drug-likeness (QED) is 0.401. The first-order valence-corrected chi connectivity index (χ1v) is 9.93. The molecular weight excluding hydrogens is 412 g/mol. The minimum atomic E-state index is -0.291. The maximum absolute atomic E-state index is 13.5. The van der Waals surface area contributed by atoms with Crippen LogP contribution < -0.4 is 10.2 Å². The van der Waals surface area contributed by atoms with Gasteiger partial charge >= 0.3 is 0 Å². The highest BCUT2D eigenvalue weighted by molar-refractivity contribution is 9.10. The zero-order chi connectivity index (χ0) is 19.1. The van der Waals surface area contributed by atoms with Gasteiger partial charge in [-0.05, 0) is 52.7 Å². The number of nitrogens with one attached hydrogen (secondary N) is 1. The summed E-state index contributed by atoms with van der Waals surface area (Å²) in [6.45, 7) is 0. The van der Waals surface area contributed by atoms with Crippen LogP contribution in [0, 0.1) is 0 Å². The zero-order valence-electron chi connectivity index (χ0n) is 15.0. The number of benzene rings is 4. The van der Waals surface area contributed by atoms with E-state index in [0.717, 1.165) is 32.2 Å². The molecule has 0 saturated heterocycles. The van der Waals surface area contributed by atoms with Crippen LogP contribution in [0.1, 0.15) is 22.1 Å². The molecular formula is C24H17BrN2O. The minimum Gasteiger partial charge on any atom is -0.360 e. The van der Waals surface area contributed by atoms with E-state index in [2.05, 4.69) is 45.5 Å². The van der Waals surface area contributed by atoms with Crippen molar-refractivity contribution < 1.29 is 4.79 Å². The molecule has 1 aliphatic heterocycles. The number of hydrogen-bond donors (Lipinski definition) is 1. The average Bonchev–Trinajstić information content (AvgIpc) is 2.73. The molecule has 0 fully saturated rings. The molecule has 0 aromatic heterocycles. The maximum Gasteiger partial charge on any atom is 0.262 e. The van der Waals surface area contributed by atoms with Crippen LogP contribution in [0.25, 0.3) is 10.8 Å². The molecule has 0 saturated carbocycles. The summed E-state index contributed by atoms with van der Waals surface area (Å²) in [5.74, 6) is -0.00499. The third-order valence-electron chi connectivity index (χ3n) is 5.10. The minimum absolute atomic E-state index is 0.00499. The van der Waals surface area contributed by atoms with Gasteiger partial charge in [0.05, 0.1) is 5.56 Å². The number of carbonyl (C=O) groups is 1. The van der Waals surface area contributed by atoms with E-state index in [1.807, 2.05) is 71.6 Å². The topological polar surface area (TPSA) is 32.3 Å². The fraction of sp³-hybridized carbons (Fsp3) is 0.0417. The molecule has 28 heavy (non-hydrogen) atoms. The second kappa shape index (κ2) is 6.80. The summed E-state index contributed by atoms with van der Waals surface area (Å²) >= 11 is 3.55. The van der Waals surface area contributed by atoms with Crippen molar-refractivity contribution in [1.29, 1.82) is 0 Å². The Kier molecular flexibility index (Phi) is 4.14. The van der Waals surface area contributed by atoms with Gasteiger partial charge in [0.1, 0.15) is 6.17 Å². The van der Waals surface area contributed by atoms with Gasteiger partial charge in [0.2, 0.25) is 0 Å². The van der Waals surface area contributed by atoms with Crippen molar-refractivity contribution in [3.05, 3.63) is 107 Å². The summed E-state index contributed by atoms with van der Waals surface area (Å²) in [4.78, 5) is 15.3. The van der Waals surface area contributed by atoms with Gasteiger partial charge in [0, 0.05) is 15.8 Å².